The number of rotatable bonds is 5. The van der Waals surface area contributed by atoms with E-state index in [0.717, 1.165) is 5.69 Å². The molecule has 0 saturated carbocycles. The largest absolute Gasteiger partial charge is 0.385 e. The summed E-state index contributed by atoms with van der Waals surface area (Å²) in [4.78, 5) is 10.5. The Labute approximate surface area is 126 Å². The Bertz CT molecular complexity index is 612. The third-order valence-corrected chi connectivity index (χ3v) is 3.21. The van der Waals surface area contributed by atoms with Crippen LogP contribution in [0.4, 0.5) is 11.4 Å². The maximum Gasteiger partial charge on any atom is 0.272 e. The maximum absolute atomic E-state index is 10.9. The summed E-state index contributed by atoms with van der Waals surface area (Å²) in [5, 5.41) is 15.1. The van der Waals surface area contributed by atoms with Gasteiger partial charge in [0.15, 0.2) is 0 Å². The molecule has 2 rings (SSSR count). The normalized spacial score (nSPS) is 10.3. The molecule has 104 valence electrons. The smallest absolute Gasteiger partial charge is 0.272 e. The zero-order valence-corrected chi connectivity index (χ0v) is 12.0. The molecule has 0 radical (unpaired) electrons. The van der Waals surface area contributed by atoms with E-state index < -0.39 is 0 Å². The number of nitrogens with one attached hydrogen (secondary N) is 1. The number of nitro benzene ring substituents is 1. The highest BCUT2D eigenvalue weighted by atomic mass is 35.5. The van der Waals surface area contributed by atoms with E-state index in [1.165, 1.54) is 6.07 Å². The minimum atomic E-state index is -0.369. The fourth-order valence-corrected chi connectivity index (χ4v) is 2.42. The molecule has 0 aliphatic rings. The molecule has 20 heavy (non-hydrogen) atoms. The highest BCUT2D eigenvalue weighted by Gasteiger charge is 2.11. The first-order chi connectivity index (χ1) is 9.56. The van der Waals surface area contributed by atoms with Crippen LogP contribution in [0, 0.1) is 10.1 Å². The van der Waals surface area contributed by atoms with Crippen LogP contribution in [0.1, 0.15) is 5.56 Å². The van der Waals surface area contributed by atoms with Crippen LogP contribution in [-0.2, 0) is 6.42 Å². The number of hydrogen-bond donors (Lipinski definition) is 1. The second-order valence-electron chi connectivity index (χ2n) is 4.22. The van der Waals surface area contributed by atoms with Crippen molar-refractivity contribution in [2.24, 2.45) is 0 Å². The molecule has 2 aromatic rings. The lowest BCUT2D eigenvalue weighted by molar-refractivity contribution is -0.385. The van der Waals surface area contributed by atoms with Gasteiger partial charge in [0.05, 0.1) is 4.92 Å². The van der Waals surface area contributed by atoms with Crippen molar-refractivity contribution in [2.45, 2.75) is 6.42 Å². The molecule has 0 atom stereocenters. The van der Waals surface area contributed by atoms with Crippen molar-refractivity contribution in [1.82, 2.24) is 0 Å². The van der Waals surface area contributed by atoms with Crippen LogP contribution in [0.5, 0.6) is 0 Å². The molecule has 0 aliphatic carbocycles. The van der Waals surface area contributed by atoms with Crippen molar-refractivity contribution in [3.8, 4) is 0 Å². The van der Waals surface area contributed by atoms with Gasteiger partial charge in [-0.15, -0.1) is 0 Å². The van der Waals surface area contributed by atoms with E-state index in [2.05, 4.69) is 5.32 Å². The molecule has 0 unspecified atom stereocenters. The average Bonchev–Trinajstić information content (AvgIpc) is 2.38. The molecule has 0 amide bonds. The van der Waals surface area contributed by atoms with Crippen LogP contribution in [-0.4, -0.2) is 11.5 Å². The number of para-hydroxylation sites is 1. The van der Waals surface area contributed by atoms with Crippen molar-refractivity contribution < 1.29 is 4.92 Å². The Morgan fingerprint density at radius 3 is 2.40 bits per heavy atom. The van der Waals surface area contributed by atoms with E-state index in [0.29, 0.717) is 28.6 Å². The molecule has 0 aromatic heterocycles. The third kappa shape index (κ3) is 3.85. The highest BCUT2D eigenvalue weighted by molar-refractivity contribution is 6.35. The van der Waals surface area contributed by atoms with E-state index >= 15 is 0 Å². The minimum Gasteiger partial charge on any atom is -0.385 e. The van der Waals surface area contributed by atoms with Gasteiger partial charge in [0, 0.05) is 33.9 Å². The highest BCUT2D eigenvalue weighted by Crippen LogP contribution is 2.23. The lowest BCUT2D eigenvalue weighted by Crippen LogP contribution is -2.06. The summed E-state index contributed by atoms with van der Waals surface area (Å²) < 4.78 is 0. The van der Waals surface area contributed by atoms with Crippen LogP contribution < -0.4 is 5.32 Å². The molecule has 0 spiro atoms. The molecule has 0 aliphatic heterocycles. The summed E-state index contributed by atoms with van der Waals surface area (Å²) >= 11 is 11.8. The molecular formula is C14H12Cl2N2O2. The molecule has 0 heterocycles. The van der Waals surface area contributed by atoms with Gasteiger partial charge < -0.3 is 5.32 Å². The number of nitrogens with zero attached hydrogens (tertiary/aromatic N) is 1. The zero-order valence-electron chi connectivity index (χ0n) is 10.5. The van der Waals surface area contributed by atoms with E-state index in [1.54, 1.807) is 36.4 Å². The number of halogens is 2. The Balaban J connectivity index is 2.01. The van der Waals surface area contributed by atoms with Gasteiger partial charge in [-0.1, -0.05) is 41.4 Å². The van der Waals surface area contributed by atoms with Gasteiger partial charge in [-0.2, -0.15) is 0 Å². The van der Waals surface area contributed by atoms with E-state index in [9.17, 15) is 10.1 Å². The lowest BCUT2D eigenvalue weighted by atomic mass is 10.1. The van der Waals surface area contributed by atoms with Crippen LogP contribution >= 0.6 is 23.2 Å². The lowest BCUT2D eigenvalue weighted by Gasteiger charge is -2.08. The van der Waals surface area contributed by atoms with Gasteiger partial charge >= 0.3 is 0 Å². The Hall–Kier alpha value is -1.78. The average molecular weight is 311 g/mol. The van der Waals surface area contributed by atoms with Crippen LogP contribution in [0.25, 0.3) is 0 Å². The predicted octanol–water partition coefficient (Wildman–Crippen LogP) is 4.56. The molecule has 0 saturated heterocycles. The van der Waals surface area contributed by atoms with E-state index in [-0.39, 0.29) is 10.6 Å². The fourth-order valence-electron chi connectivity index (χ4n) is 1.90. The molecule has 4 nitrogen and oxygen atoms in total. The summed E-state index contributed by atoms with van der Waals surface area (Å²) in [7, 11) is 0. The standard InChI is InChI=1S/C14H12Cl2N2O2/c15-11-7-12(16)9-13(8-11)17-6-5-10-3-1-2-4-14(10)18(19)20/h1-4,7-9,17H,5-6H2. The van der Waals surface area contributed by atoms with Crippen molar-refractivity contribution in [3.05, 3.63) is 68.2 Å². The SMILES string of the molecule is O=[N+]([O-])c1ccccc1CCNc1cc(Cl)cc(Cl)c1. The van der Waals surface area contributed by atoms with Gasteiger partial charge in [0.1, 0.15) is 0 Å². The van der Waals surface area contributed by atoms with E-state index in [1.807, 2.05) is 0 Å². The summed E-state index contributed by atoms with van der Waals surface area (Å²) in [6, 6.07) is 11.9. The first-order valence-corrected chi connectivity index (χ1v) is 6.74. The van der Waals surface area contributed by atoms with E-state index in [4.69, 9.17) is 23.2 Å². The molecule has 6 heteroatoms. The molecular weight excluding hydrogens is 299 g/mol. The second kappa shape index (κ2) is 6.59. The zero-order chi connectivity index (χ0) is 14.5. The maximum atomic E-state index is 10.9. The van der Waals surface area contributed by atoms with Crippen molar-refractivity contribution in [1.29, 1.82) is 0 Å². The van der Waals surface area contributed by atoms with Crippen molar-refractivity contribution in [3.63, 3.8) is 0 Å². The second-order valence-corrected chi connectivity index (χ2v) is 5.09. The van der Waals surface area contributed by atoms with Gasteiger partial charge in [-0.3, -0.25) is 10.1 Å². The fraction of sp³-hybridized carbons (Fsp3) is 0.143. The molecule has 0 fully saturated rings. The first kappa shape index (κ1) is 14.6. The molecule has 1 N–H and O–H groups in total. The Kier molecular flexibility index (Phi) is 4.82. The van der Waals surface area contributed by atoms with Crippen LogP contribution in [0.15, 0.2) is 42.5 Å². The summed E-state index contributed by atoms with van der Waals surface area (Å²) in [6.07, 6.45) is 0.543. The van der Waals surface area contributed by atoms with Gasteiger partial charge in [0.25, 0.3) is 5.69 Å². The van der Waals surface area contributed by atoms with Crippen molar-refractivity contribution >= 4 is 34.6 Å². The number of nitro groups is 1. The van der Waals surface area contributed by atoms with Crippen molar-refractivity contribution in [2.75, 3.05) is 11.9 Å². The minimum absolute atomic E-state index is 0.137. The molecule has 2 aromatic carbocycles. The topological polar surface area (TPSA) is 55.2 Å². The predicted molar refractivity (Wildman–Crippen MR) is 81.8 cm³/mol. The Morgan fingerprint density at radius 1 is 1.10 bits per heavy atom. The quantitative estimate of drug-likeness (QED) is 0.650. The Morgan fingerprint density at radius 2 is 1.75 bits per heavy atom. The number of hydrogen-bond acceptors (Lipinski definition) is 3. The summed E-state index contributed by atoms with van der Waals surface area (Å²) in [6.45, 7) is 0.557. The first-order valence-electron chi connectivity index (χ1n) is 5.98. The number of anilines is 1. The third-order valence-electron chi connectivity index (χ3n) is 2.77. The van der Waals surface area contributed by atoms with Crippen LogP contribution in [0.3, 0.4) is 0 Å². The van der Waals surface area contributed by atoms with Crippen LogP contribution in [0.2, 0.25) is 10.0 Å². The summed E-state index contributed by atoms with van der Waals surface area (Å²) in [5.41, 5.74) is 1.62. The van der Waals surface area contributed by atoms with Gasteiger partial charge in [-0.05, 0) is 24.6 Å². The monoisotopic (exact) mass is 310 g/mol. The van der Waals surface area contributed by atoms with Gasteiger partial charge in [-0.25, -0.2) is 0 Å². The molecule has 0 bridgehead atoms. The van der Waals surface area contributed by atoms with Gasteiger partial charge in [0.2, 0.25) is 0 Å². The number of benzene rings is 2. The summed E-state index contributed by atoms with van der Waals surface area (Å²) in [5.74, 6) is 0.